The zero-order valence-electron chi connectivity index (χ0n) is 26.6. The lowest BCUT2D eigenvalue weighted by molar-refractivity contribution is -0.667. The summed E-state index contributed by atoms with van der Waals surface area (Å²) in [4.78, 5) is 0. The first-order valence-corrected chi connectivity index (χ1v) is 11.7. The van der Waals surface area contributed by atoms with Gasteiger partial charge < -0.3 is 4.42 Å². The summed E-state index contributed by atoms with van der Waals surface area (Å²) < 4.78 is 60.0. The van der Waals surface area contributed by atoms with Gasteiger partial charge in [0.05, 0.1) is 18.6 Å². The number of furan rings is 1. The van der Waals surface area contributed by atoms with Gasteiger partial charge in [0.2, 0.25) is 5.69 Å². The number of aryl methyl sites for hydroxylation is 1. The van der Waals surface area contributed by atoms with Crippen molar-refractivity contribution in [1.82, 2.24) is 0 Å². The second-order valence-electron chi connectivity index (χ2n) is 9.28. The number of rotatable bonds is 4. The number of nitriles is 1. The van der Waals surface area contributed by atoms with E-state index in [0.29, 0.717) is 44.5 Å². The molecule has 0 N–H and O–H groups in total. The van der Waals surface area contributed by atoms with Crippen LogP contribution >= 0.6 is 0 Å². The van der Waals surface area contributed by atoms with Crippen LogP contribution in [0.2, 0.25) is 0 Å². The fraction of sp³-hybridized carbons (Fsp3) is 0.250. The molecule has 3 heteroatoms. The molecule has 0 unspecified atom stereocenters. The Labute approximate surface area is 215 Å². The van der Waals surface area contributed by atoms with Gasteiger partial charge in [-0.3, -0.25) is 0 Å². The van der Waals surface area contributed by atoms with Gasteiger partial charge >= 0.3 is 0 Å². The van der Waals surface area contributed by atoms with Gasteiger partial charge in [-0.2, -0.15) is 9.83 Å². The smallest absolute Gasteiger partial charge is 0.216 e. The molecule has 2 heterocycles. The minimum atomic E-state index is -2.62. The Hall–Kier alpha value is -3.90. The highest BCUT2D eigenvalue weighted by Crippen LogP contribution is 2.40. The second-order valence-corrected chi connectivity index (χ2v) is 9.28. The molecule has 0 aliphatic heterocycles. The first kappa shape index (κ1) is 16.7. The Kier molecular flexibility index (Phi) is 4.15. The number of fused-ring (bicyclic) bond motifs is 3. The van der Waals surface area contributed by atoms with E-state index in [0.717, 1.165) is 16.7 Å². The highest BCUT2D eigenvalue weighted by molar-refractivity contribution is 6.12. The van der Waals surface area contributed by atoms with Crippen LogP contribution in [0.1, 0.15) is 50.0 Å². The van der Waals surface area contributed by atoms with Gasteiger partial charge in [0.1, 0.15) is 18.2 Å². The summed E-state index contributed by atoms with van der Waals surface area (Å²) >= 11 is 0. The van der Waals surface area contributed by atoms with Gasteiger partial charge in [0.15, 0.2) is 5.69 Å². The molecule has 0 aliphatic carbocycles. The summed E-state index contributed by atoms with van der Waals surface area (Å²) in [6.45, 7) is 4.28. The predicted molar refractivity (Wildman–Crippen MR) is 143 cm³/mol. The number of hydrogen-bond donors (Lipinski definition) is 0. The van der Waals surface area contributed by atoms with Crippen molar-refractivity contribution in [2.45, 2.75) is 40.9 Å². The number of aromatic nitrogens is 1. The van der Waals surface area contributed by atoms with Gasteiger partial charge in [0, 0.05) is 36.2 Å². The highest BCUT2D eigenvalue weighted by Gasteiger charge is 2.25. The fourth-order valence-electron chi connectivity index (χ4n) is 4.66. The third-order valence-corrected chi connectivity index (χ3v) is 6.54. The number of benzene rings is 3. The molecular weight excluding hydrogens is 428 g/mol. The van der Waals surface area contributed by atoms with E-state index in [1.54, 1.807) is 32.4 Å². The first-order valence-electron chi connectivity index (χ1n) is 14.7. The van der Waals surface area contributed by atoms with E-state index in [2.05, 4.69) is 6.07 Å². The molecule has 35 heavy (non-hydrogen) atoms. The molecule has 0 saturated carbocycles. The average molecular weight is 466 g/mol. The van der Waals surface area contributed by atoms with Crippen LogP contribution in [0.15, 0.2) is 65.1 Å². The van der Waals surface area contributed by atoms with E-state index in [-0.39, 0.29) is 17.2 Å². The lowest BCUT2D eigenvalue weighted by Crippen LogP contribution is -2.36. The summed E-state index contributed by atoms with van der Waals surface area (Å²) in [5, 5.41) is 11.5. The van der Waals surface area contributed by atoms with Crippen LogP contribution < -0.4 is 4.57 Å². The van der Waals surface area contributed by atoms with Gasteiger partial charge in [-0.25, -0.2) is 0 Å². The monoisotopic (exact) mass is 465 g/mol. The molecule has 5 aromatic rings. The van der Waals surface area contributed by atoms with E-state index >= 15 is 0 Å². The van der Waals surface area contributed by atoms with Crippen LogP contribution in [-0.4, -0.2) is 0 Å². The van der Waals surface area contributed by atoms with Crippen molar-refractivity contribution >= 4 is 21.9 Å². The Balaban J connectivity index is 1.93. The molecule has 2 aromatic heterocycles. The third-order valence-electron chi connectivity index (χ3n) is 6.54. The largest absolute Gasteiger partial charge is 0.455 e. The maximum atomic E-state index is 10.1. The maximum absolute atomic E-state index is 10.1. The van der Waals surface area contributed by atoms with E-state index < -0.39 is 19.1 Å². The quantitative estimate of drug-likeness (QED) is 0.255. The normalized spacial score (nSPS) is 14.8. The SMILES string of the molecule is [2H]c1c(C([2H])([2H])C(C)C)c(C([2H])([2H])[2H])c(C)[n+](C)c1-c1c(C)ccc2c1oc1cc(-c3ccccc3)cc(C#N)c12. The molecule has 0 aliphatic rings. The first-order chi connectivity index (χ1) is 19.2. The Morgan fingerprint density at radius 3 is 2.57 bits per heavy atom. The van der Waals surface area contributed by atoms with E-state index in [4.69, 9.17) is 11.3 Å². The van der Waals surface area contributed by atoms with Crippen LogP contribution in [0, 0.1) is 37.9 Å². The van der Waals surface area contributed by atoms with Crippen molar-refractivity contribution in [3.63, 3.8) is 0 Å². The Morgan fingerprint density at radius 2 is 1.89 bits per heavy atom. The number of nitrogens with zero attached hydrogens (tertiary/aromatic N) is 2. The molecule has 0 saturated heterocycles. The summed E-state index contributed by atoms with van der Waals surface area (Å²) in [7, 11) is 1.70. The highest BCUT2D eigenvalue weighted by atomic mass is 16.3. The van der Waals surface area contributed by atoms with Gasteiger partial charge in [0.25, 0.3) is 0 Å². The van der Waals surface area contributed by atoms with Crippen LogP contribution in [0.25, 0.3) is 44.3 Å². The molecule has 0 spiro atoms. The average Bonchev–Trinajstić information content (AvgIpc) is 3.29. The molecule has 3 nitrogen and oxygen atoms in total. The molecule has 0 bridgehead atoms. The molecule has 0 fully saturated rings. The second kappa shape index (κ2) is 8.71. The molecule has 0 radical (unpaired) electrons. The van der Waals surface area contributed by atoms with E-state index in [9.17, 15) is 6.63 Å². The Morgan fingerprint density at radius 1 is 1.11 bits per heavy atom. The topological polar surface area (TPSA) is 40.8 Å². The summed E-state index contributed by atoms with van der Waals surface area (Å²) in [5.74, 6) is -0.578. The Bertz CT molecular complexity index is 1880. The summed E-state index contributed by atoms with van der Waals surface area (Å²) in [6, 6.07) is 19.4. The predicted octanol–water partition coefficient (Wildman–Crippen LogP) is 7.74. The van der Waals surface area contributed by atoms with Crippen LogP contribution in [-0.2, 0) is 13.4 Å². The molecular formula is C32H31N2O+. The lowest BCUT2D eigenvalue weighted by Gasteiger charge is -2.14. The molecule has 174 valence electrons. The molecule has 5 rings (SSSR count). The summed E-state index contributed by atoms with van der Waals surface area (Å²) in [5.41, 5.74) is 5.01. The van der Waals surface area contributed by atoms with Gasteiger partial charge in [-0.05, 0) is 60.5 Å². The van der Waals surface area contributed by atoms with Crippen molar-refractivity contribution in [2.24, 2.45) is 13.0 Å². The van der Waals surface area contributed by atoms with Crippen molar-refractivity contribution in [3.8, 4) is 28.5 Å². The number of pyridine rings is 1. The minimum Gasteiger partial charge on any atom is -0.455 e. The maximum Gasteiger partial charge on any atom is 0.216 e. The van der Waals surface area contributed by atoms with Gasteiger partial charge in [-0.1, -0.05) is 56.3 Å². The third kappa shape index (κ3) is 3.80. The fourth-order valence-corrected chi connectivity index (χ4v) is 4.66. The van der Waals surface area contributed by atoms with Crippen LogP contribution in [0.4, 0.5) is 0 Å². The molecule has 0 amide bonds. The minimum absolute atomic E-state index is 0.130. The zero-order chi connectivity index (χ0) is 30.0. The standard InChI is InChI=1S/C32H31N2O/c1-19(2)14-24-16-28(34(6)22(5)21(24)4)30-20(3)12-13-27-31-26(18-33)15-25(17-29(31)35-32(27)30)23-10-8-7-9-11-23/h7-13,15-17,19H,14H2,1-6H3/q+1/i4D3,14D2,16D. The van der Waals surface area contributed by atoms with Crippen LogP contribution in [0.3, 0.4) is 0 Å². The number of hydrogen-bond acceptors (Lipinski definition) is 2. The van der Waals surface area contributed by atoms with E-state index in [1.807, 2.05) is 61.5 Å². The van der Waals surface area contributed by atoms with Crippen molar-refractivity contribution < 1.29 is 17.2 Å². The zero-order valence-corrected chi connectivity index (χ0v) is 20.6. The van der Waals surface area contributed by atoms with Crippen LogP contribution in [0.5, 0.6) is 0 Å². The van der Waals surface area contributed by atoms with Crippen molar-refractivity contribution in [3.05, 3.63) is 88.6 Å². The summed E-state index contributed by atoms with van der Waals surface area (Å²) in [6.07, 6.45) is -2.08. The lowest BCUT2D eigenvalue weighted by atomic mass is 9.93. The van der Waals surface area contributed by atoms with Crippen molar-refractivity contribution in [2.75, 3.05) is 0 Å². The van der Waals surface area contributed by atoms with E-state index in [1.165, 1.54) is 0 Å². The van der Waals surface area contributed by atoms with Crippen molar-refractivity contribution in [1.29, 1.82) is 5.26 Å². The van der Waals surface area contributed by atoms with Gasteiger partial charge in [-0.15, -0.1) is 0 Å². The molecule has 0 atom stereocenters. The molecule has 3 aromatic carbocycles.